The lowest BCUT2D eigenvalue weighted by Gasteiger charge is -2.13. The maximum absolute atomic E-state index is 5.12. The largest absolute Gasteiger partial charge is 0.307 e. The monoisotopic (exact) mass is 580 g/mol. The second-order valence-corrected chi connectivity index (χ2v) is 11.9. The highest BCUT2D eigenvalue weighted by molar-refractivity contribution is 7.27. The van der Waals surface area contributed by atoms with Crippen LogP contribution in [0.4, 0.5) is 0 Å². The quantitative estimate of drug-likeness (QED) is 0.208. The summed E-state index contributed by atoms with van der Waals surface area (Å²) in [6.45, 7) is 0. The fraction of sp³-hybridized carbons (Fsp3) is 0. The Morgan fingerprint density at radius 1 is 0.455 bits per heavy atom. The summed E-state index contributed by atoms with van der Waals surface area (Å²) in [6, 6.07) is 50.6. The van der Waals surface area contributed by atoms with E-state index in [-0.39, 0.29) is 0 Å². The van der Waals surface area contributed by atoms with Gasteiger partial charge in [0, 0.05) is 37.9 Å². The number of fused-ring (bicyclic) bond motifs is 7. The Balaban J connectivity index is 1.42. The third kappa shape index (κ3) is 3.87. The van der Waals surface area contributed by atoms with Gasteiger partial charge in [-0.25, -0.2) is 15.0 Å². The number of aromatic nitrogens is 4. The van der Waals surface area contributed by atoms with Crippen molar-refractivity contribution in [1.29, 1.82) is 0 Å². The molecule has 6 aromatic carbocycles. The molecule has 0 aliphatic heterocycles. The van der Waals surface area contributed by atoms with Gasteiger partial charge in [-0.3, -0.25) is 0 Å². The van der Waals surface area contributed by atoms with Crippen LogP contribution in [-0.2, 0) is 0 Å². The molecule has 5 heteroatoms. The van der Waals surface area contributed by atoms with Crippen molar-refractivity contribution >= 4 is 53.3 Å². The molecule has 9 rings (SSSR count). The lowest BCUT2D eigenvalue weighted by molar-refractivity contribution is 1.07. The fourth-order valence-electron chi connectivity index (χ4n) is 6.27. The van der Waals surface area contributed by atoms with Gasteiger partial charge in [0.05, 0.1) is 15.7 Å². The summed E-state index contributed by atoms with van der Waals surface area (Å²) < 4.78 is 4.96. The first kappa shape index (κ1) is 24.9. The first-order chi connectivity index (χ1) is 21.8. The van der Waals surface area contributed by atoms with Crippen LogP contribution < -0.4 is 0 Å². The van der Waals surface area contributed by atoms with Crippen molar-refractivity contribution in [2.24, 2.45) is 0 Å². The molecule has 4 nitrogen and oxygen atoms in total. The minimum Gasteiger partial charge on any atom is -0.307 e. The lowest BCUT2D eigenvalue weighted by Crippen LogP contribution is -2.02. The van der Waals surface area contributed by atoms with Crippen molar-refractivity contribution in [2.45, 2.75) is 0 Å². The van der Waals surface area contributed by atoms with Crippen molar-refractivity contribution in [1.82, 2.24) is 19.5 Å². The van der Waals surface area contributed by atoms with E-state index in [9.17, 15) is 0 Å². The van der Waals surface area contributed by atoms with Gasteiger partial charge < -0.3 is 4.57 Å². The summed E-state index contributed by atoms with van der Waals surface area (Å²) in [5, 5.41) is 4.97. The molecule has 9 aromatic rings. The van der Waals surface area contributed by atoms with E-state index in [1.807, 2.05) is 72.0 Å². The summed E-state index contributed by atoms with van der Waals surface area (Å²) >= 11 is 1.85. The molecule has 0 saturated heterocycles. The van der Waals surface area contributed by atoms with Crippen LogP contribution in [0.15, 0.2) is 146 Å². The molecule has 0 unspecified atom stereocenters. The van der Waals surface area contributed by atoms with E-state index < -0.39 is 0 Å². The molecule has 206 valence electrons. The van der Waals surface area contributed by atoms with Crippen LogP contribution in [0.25, 0.3) is 81.8 Å². The van der Waals surface area contributed by atoms with E-state index >= 15 is 0 Å². The van der Waals surface area contributed by atoms with Gasteiger partial charge >= 0.3 is 0 Å². The van der Waals surface area contributed by atoms with E-state index in [1.165, 1.54) is 36.5 Å². The first-order valence-corrected chi connectivity index (χ1v) is 15.5. The molecule has 0 saturated carbocycles. The average molecular weight is 581 g/mol. The molecule has 0 radical (unpaired) electrons. The van der Waals surface area contributed by atoms with E-state index in [1.54, 1.807) is 0 Å². The Hall–Kier alpha value is -5.65. The zero-order valence-electron chi connectivity index (χ0n) is 23.6. The number of thiophene rings is 1. The number of para-hydroxylation sites is 2. The van der Waals surface area contributed by atoms with E-state index in [0.29, 0.717) is 17.5 Å². The zero-order valence-corrected chi connectivity index (χ0v) is 24.4. The van der Waals surface area contributed by atoms with Crippen LogP contribution in [0.3, 0.4) is 0 Å². The van der Waals surface area contributed by atoms with E-state index in [4.69, 9.17) is 15.0 Å². The third-order valence-electron chi connectivity index (χ3n) is 8.24. The predicted octanol–water partition coefficient (Wildman–Crippen LogP) is 10.3. The Kier molecular flexibility index (Phi) is 5.64. The maximum Gasteiger partial charge on any atom is 0.166 e. The molecular weight excluding hydrogens is 557 g/mol. The van der Waals surface area contributed by atoms with Gasteiger partial charge in [-0.2, -0.15) is 0 Å². The highest BCUT2D eigenvalue weighted by Gasteiger charge is 2.23. The van der Waals surface area contributed by atoms with Gasteiger partial charge in [0.15, 0.2) is 17.5 Å². The number of nitrogens with zero attached hydrogens (tertiary/aromatic N) is 4. The van der Waals surface area contributed by atoms with Crippen LogP contribution in [0.5, 0.6) is 0 Å². The SMILES string of the molecule is c1ccc(-c2nc(-c3ccccc3)nc(-c3cccc4c5sc6ccc7ccccc7c6c5n(-c5ccccc5)c34)n2)cc1. The standard InChI is InChI=1S/C39H24N4S/c1-4-14-26(15-5-1)37-40-38(27-16-6-2-7-17-27)42-39(41-37)31-22-12-21-30-34(31)43(28-18-8-3-9-19-28)35-33-29-20-11-10-13-25(29)23-24-32(33)44-36(30)35/h1-24H. The van der Waals surface area contributed by atoms with Crippen molar-refractivity contribution < 1.29 is 0 Å². The van der Waals surface area contributed by atoms with Crippen molar-refractivity contribution in [3.8, 4) is 39.9 Å². The van der Waals surface area contributed by atoms with Crippen LogP contribution in [0.1, 0.15) is 0 Å². The molecule has 0 aliphatic carbocycles. The second-order valence-electron chi connectivity index (χ2n) is 10.9. The van der Waals surface area contributed by atoms with Gasteiger partial charge in [-0.05, 0) is 35.0 Å². The molecule has 0 N–H and O–H groups in total. The Bertz CT molecular complexity index is 2420. The Morgan fingerprint density at radius 2 is 1.05 bits per heavy atom. The van der Waals surface area contributed by atoms with Gasteiger partial charge in [0.25, 0.3) is 0 Å². The summed E-state index contributed by atoms with van der Waals surface area (Å²) in [5.74, 6) is 1.96. The predicted molar refractivity (Wildman–Crippen MR) is 183 cm³/mol. The summed E-state index contributed by atoms with van der Waals surface area (Å²) in [7, 11) is 0. The van der Waals surface area contributed by atoms with Crippen molar-refractivity contribution in [3.63, 3.8) is 0 Å². The molecular formula is C39H24N4S. The normalized spacial score (nSPS) is 11.6. The molecule has 3 aromatic heterocycles. The number of hydrogen-bond donors (Lipinski definition) is 0. The van der Waals surface area contributed by atoms with Crippen molar-refractivity contribution in [3.05, 3.63) is 146 Å². The van der Waals surface area contributed by atoms with E-state index in [0.717, 1.165) is 27.9 Å². The molecule has 0 spiro atoms. The highest BCUT2D eigenvalue weighted by Crippen LogP contribution is 2.46. The van der Waals surface area contributed by atoms with Crippen LogP contribution in [-0.4, -0.2) is 19.5 Å². The van der Waals surface area contributed by atoms with Crippen LogP contribution in [0.2, 0.25) is 0 Å². The molecule has 0 amide bonds. The third-order valence-corrected chi connectivity index (χ3v) is 9.41. The smallest absolute Gasteiger partial charge is 0.166 e. The van der Waals surface area contributed by atoms with Crippen LogP contribution >= 0.6 is 11.3 Å². The number of benzene rings is 6. The zero-order chi connectivity index (χ0) is 29.0. The molecule has 0 bridgehead atoms. The van der Waals surface area contributed by atoms with E-state index in [2.05, 4.69) is 89.5 Å². The Labute approximate surface area is 257 Å². The number of rotatable bonds is 4. The number of hydrogen-bond acceptors (Lipinski definition) is 4. The summed E-state index contributed by atoms with van der Waals surface area (Å²) in [4.78, 5) is 15.2. The highest BCUT2D eigenvalue weighted by atomic mass is 32.1. The second kappa shape index (κ2) is 9.97. The molecule has 0 aliphatic rings. The van der Waals surface area contributed by atoms with Crippen molar-refractivity contribution in [2.75, 3.05) is 0 Å². The van der Waals surface area contributed by atoms with Gasteiger partial charge in [0.1, 0.15) is 0 Å². The lowest BCUT2D eigenvalue weighted by atomic mass is 10.1. The summed E-state index contributed by atoms with van der Waals surface area (Å²) in [5.41, 5.74) is 6.30. The van der Waals surface area contributed by atoms with Gasteiger partial charge in [-0.15, -0.1) is 11.3 Å². The molecule has 0 atom stereocenters. The summed E-state index contributed by atoms with van der Waals surface area (Å²) in [6.07, 6.45) is 0. The minimum absolute atomic E-state index is 0.653. The first-order valence-electron chi connectivity index (χ1n) is 14.6. The average Bonchev–Trinajstić information content (AvgIpc) is 3.64. The maximum atomic E-state index is 5.12. The minimum atomic E-state index is 0.653. The molecule has 3 heterocycles. The molecule has 44 heavy (non-hydrogen) atoms. The molecule has 0 fully saturated rings. The topological polar surface area (TPSA) is 43.6 Å². The van der Waals surface area contributed by atoms with Gasteiger partial charge in [0.2, 0.25) is 0 Å². The Morgan fingerprint density at radius 3 is 1.75 bits per heavy atom. The van der Waals surface area contributed by atoms with Crippen LogP contribution in [0, 0.1) is 0 Å². The fourth-order valence-corrected chi connectivity index (χ4v) is 7.50. The van der Waals surface area contributed by atoms with Gasteiger partial charge in [-0.1, -0.05) is 121 Å².